The summed E-state index contributed by atoms with van der Waals surface area (Å²) >= 11 is 0. The molecular weight excluding hydrogens is 270 g/mol. The highest BCUT2D eigenvalue weighted by molar-refractivity contribution is 6.75. The molecule has 0 aromatic heterocycles. The molecule has 0 N–H and O–H groups in total. The van der Waals surface area contributed by atoms with Crippen LogP contribution in [0.5, 0.6) is 0 Å². The quantitative estimate of drug-likeness (QED) is 0.754. The molecule has 1 rings (SSSR count). The Balaban J connectivity index is 3.22. The zero-order valence-electron chi connectivity index (χ0n) is 11.9. The van der Waals surface area contributed by atoms with E-state index in [1.54, 1.807) is 0 Å². The SMILES string of the molecule is CO[Si](OC(C)C)(OC(C)C)c1ccc(F)c(F)c1. The molecule has 108 valence electrons. The van der Waals surface area contributed by atoms with Gasteiger partial charge in [-0.15, -0.1) is 0 Å². The van der Waals surface area contributed by atoms with E-state index in [1.165, 1.54) is 13.2 Å². The highest BCUT2D eigenvalue weighted by Gasteiger charge is 2.45. The molecule has 0 fully saturated rings. The number of benzene rings is 1. The average molecular weight is 290 g/mol. The third-order valence-electron chi connectivity index (χ3n) is 2.32. The molecule has 19 heavy (non-hydrogen) atoms. The van der Waals surface area contributed by atoms with E-state index in [1.807, 2.05) is 27.7 Å². The van der Waals surface area contributed by atoms with Gasteiger partial charge in [0, 0.05) is 24.5 Å². The summed E-state index contributed by atoms with van der Waals surface area (Å²) in [5.41, 5.74) is 0. The van der Waals surface area contributed by atoms with E-state index in [4.69, 9.17) is 13.3 Å². The lowest BCUT2D eigenvalue weighted by atomic mass is 10.3. The van der Waals surface area contributed by atoms with Crippen LogP contribution < -0.4 is 5.19 Å². The molecular formula is C13H20F2O3Si. The minimum atomic E-state index is -3.23. The zero-order valence-corrected chi connectivity index (χ0v) is 12.9. The van der Waals surface area contributed by atoms with Crippen molar-refractivity contribution in [1.29, 1.82) is 0 Å². The predicted molar refractivity (Wildman–Crippen MR) is 71.2 cm³/mol. The third kappa shape index (κ3) is 4.07. The van der Waals surface area contributed by atoms with Gasteiger partial charge in [0.2, 0.25) is 0 Å². The molecule has 0 heterocycles. The summed E-state index contributed by atoms with van der Waals surface area (Å²) in [6.07, 6.45) is -0.308. The average Bonchev–Trinajstić information content (AvgIpc) is 2.30. The van der Waals surface area contributed by atoms with Gasteiger partial charge in [-0.2, -0.15) is 0 Å². The Morgan fingerprint density at radius 1 is 0.947 bits per heavy atom. The van der Waals surface area contributed by atoms with E-state index in [9.17, 15) is 8.78 Å². The van der Waals surface area contributed by atoms with Crippen molar-refractivity contribution in [3.8, 4) is 0 Å². The lowest BCUT2D eigenvalue weighted by molar-refractivity contribution is 0.0455. The normalized spacial score (nSPS) is 12.5. The first-order chi connectivity index (χ1) is 8.80. The van der Waals surface area contributed by atoms with E-state index in [2.05, 4.69) is 0 Å². The molecule has 0 bridgehead atoms. The second kappa shape index (κ2) is 6.56. The van der Waals surface area contributed by atoms with Crippen molar-refractivity contribution in [1.82, 2.24) is 0 Å². The Hall–Kier alpha value is -0.823. The van der Waals surface area contributed by atoms with Gasteiger partial charge in [0.05, 0.1) is 0 Å². The Morgan fingerprint density at radius 2 is 1.47 bits per heavy atom. The molecule has 0 saturated heterocycles. The van der Waals surface area contributed by atoms with E-state index in [-0.39, 0.29) is 12.2 Å². The molecule has 0 aliphatic heterocycles. The monoisotopic (exact) mass is 290 g/mol. The largest absolute Gasteiger partial charge is 0.537 e. The summed E-state index contributed by atoms with van der Waals surface area (Å²) in [5.74, 6) is -1.84. The molecule has 0 unspecified atom stereocenters. The Bertz CT molecular complexity index is 414. The molecule has 1 aromatic rings. The van der Waals surface area contributed by atoms with Crippen molar-refractivity contribution in [2.24, 2.45) is 0 Å². The van der Waals surface area contributed by atoms with E-state index in [0.717, 1.165) is 12.1 Å². The first-order valence-corrected chi connectivity index (χ1v) is 7.89. The van der Waals surface area contributed by atoms with Crippen LogP contribution in [-0.4, -0.2) is 28.1 Å². The molecule has 0 atom stereocenters. The van der Waals surface area contributed by atoms with Gasteiger partial charge in [0.1, 0.15) is 0 Å². The summed E-state index contributed by atoms with van der Waals surface area (Å²) < 4.78 is 43.4. The molecule has 0 aliphatic rings. The summed E-state index contributed by atoms with van der Waals surface area (Å²) in [7, 11) is -1.78. The minimum Gasteiger partial charge on any atom is -0.373 e. The van der Waals surface area contributed by atoms with Crippen LogP contribution in [0.3, 0.4) is 0 Å². The van der Waals surface area contributed by atoms with Crippen molar-refractivity contribution in [3.05, 3.63) is 29.8 Å². The number of rotatable bonds is 6. The fourth-order valence-corrected chi connectivity index (χ4v) is 4.27. The fourth-order valence-electron chi connectivity index (χ4n) is 1.69. The van der Waals surface area contributed by atoms with Crippen LogP contribution in [0.4, 0.5) is 8.78 Å². The third-order valence-corrected chi connectivity index (χ3v) is 5.44. The van der Waals surface area contributed by atoms with Crippen molar-refractivity contribution in [2.75, 3.05) is 7.11 Å². The predicted octanol–water partition coefficient (Wildman–Crippen LogP) is 2.61. The Morgan fingerprint density at radius 3 is 1.84 bits per heavy atom. The van der Waals surface area contributed by atoms with Gasteiger partial charge in [-0.1, -0.05) is 6.07 Å². The molecule has 0 spiro atoms. The van der Waals surface area contributed by atoms with Crippen LogP contribution in [0.15, 0.2) is 18.2 Å². The highest BCUT2D eigenvalue weighted by Crippen LogP contribution is 2.16. The topological polar surface area (TPSA) is 27.7 Å². The van der Waals surface area contributed by atoms with Crippen molar-refractivity contribution < 1.29 is 22.1 Å². The molecule has 6 heteroatoms. The number of hydrogen-bond acceptors (Lipinski definition) is 3. The van der Waals surface area contributed by atoms with Crippen molar-refractivity contribution >= 4 is 14.0 Å². The van der Waals surface area contributed by atoms with Crippen LogP contribution in [0, 0.1) is 11.6 Å². The Labute approximate surface area is 113 Å². The standard InChI is InChI=1S/C13H20F2O3Si/c1-9(2)17-19(16-5,18-10(3)4)11-6-7-12(14)13(15)8-11/h6-10H,1-5H3. The highest BCUT2D eigenvalue weighted by atomic mass is 28.4. The van der Waals surface area contributed by atoms with Crippen LogP contribution in [0.2, 0.25) is 0 Å². The molecule has 0 saturated carbocycles. The van der Waals surface area contributed by atoms with Crippen LogP contribution in [0.1, 0.15) is 27.7 Å². The molecule has 0 amide bonds. The first-order valence-electron chi connectivity index (χ1n) is 6.17. The lowest BCUT2D eigenvalue weighted by Gasteiger charge is -2.31. The second-order valence-electron chi connectivity index (χ2n) is 4.72. The molecule has 0 aliphatic carbocycles. The summed E-state index contributed by atoms with van der Waals surface area (Å²) in [6, 6.07) is 3.58. The van der Waals surface area contributed by atoms with Gasteiger partial charge < -0.3 is 13.3 Å². The summed E-state index contributed by atoms with van der Waals surface area (Å²) in [6.45, 7) is 7.35. The van der Waals surface area contributed by atoms with Crippen LogP contribution >= 0.6 is 0 Å². The van der Waals surface area contributed by atoms with Crippen molar-refractivity contribution in [2.45, 2.75) is 39.9 Å². The first kappa shape index (κ1) is 16.2. The number of halogens is 2. The zero-order chi connectivity index (χ0) is 14.6. The minimum absolute atomic E-state index is 0.154. The van der Waals surface area contributed by atoms with Gasteiger partial charge in [-0.25, -0.2) is 8.78 Å². The number of hydrogen-bond donors (Lipinski definition) is 0. The smallest absolute Gasteiger partial charge is 0.373 e. The van der Waals surface area contributed by atoms with Gasteiger partial charge in [-0.3, -0.25) is 0 Å². The van der Waals surface area contributed by atoms with Crippen LogP contribution in [-0.2, 0) is 13.3 Å². The van der Waals surface area contributed by atoms with Crippen LogP contribution in [0.25, 0.3) is 0 Å². The summed E-state index contributed by atoms with van der Waals surface area (Å²) in [4.78, 5) is 0. The van der Waals surface area contributed by atoms with Crippen molar-refractivity contribution in [3.63, 3.8) is 0 Å². The van der Waals surface area contributed by atoms with Gasteiger partial charge in [0.25, 0.3) is 0 Å². The Kier molecular flexibility index (Phi) is 5.60. The molecule has 3 nitrogen and oxygen atoms in total. The maximum atomic E-state index is 13.4. The fraction of sp³-hybridized carbons (Fsp3) is 0.538. The van der Waals surface area contributed by atoms with Gasteiger partial charge in [-0.05, 0) is 39.8 Å². The van der Waals surface area contributed by atoms with E-state index in [0.29, 0.717) is 5.19 Å². The second-order valence-corrected chi connectivity index (χ2v) is 7.29. The molecule has 0 radical (unpaired) electrons. The maximum absolute atomic E-state index is 13.4. The van der Waals surface area contributed by atoms with Gasteiger partial charge >= 0.3 is 8.80 Å². The van der Waals surface area contributed by atoms with E-state index < -0.39 is 20.4 Å². The van der Waals surface area contributed by atoms with Gasteiger partial charge in [0.15, 0.2) is 11.6 Å². The summed E-state index contributed by atoms with van der Waals surface area (Å²) in [5, 5.41) is 0.413. The molecule has 1 aromatic carbocycles. The lowest BCUT2D eigenvalue weighted by Crippen LogP contribution is -2.58. The maximum Gasteiger partial charge on any atom is 0.537 e. The van der Waals surface area contributed by atoms with E-state index >= 15 is 0 Å².